The maximum Gasteiger partial charge on any atom is 0.223 e. The van der Waals surface area contributed by atoms with Crippen LogP contribution in [0.1, 0.15) is 63.1 Å². The van der Waals surface area contributed by atoms with Crippen molar-refractivity contribution in [3.63, 3.8) is 0 Å². The highest BCUT2D eigenvalue weighted by Crippen LogP contribution is 2.41. The fourth-order valence-electron chi connectivity index (χ4n) is 7.16. The second kappa shape index (κ2) is 12.1. The van der Waals surface area contributed by atoms with E-state index in [1.54, 1.807) is 6.20 Å². The van der Waals surface area contributed by atoms with Gasteiger partial charge in [-0.1, -0.05) is 61.7 Å². The highest BCUT2D eigenvalue weighted by molar-refractivity contribution is 6.30. The topological polar surface area (TPSA) is 89.1 Å². The molecule has 1 aliphatic heterocycles. The molecule has 2 atom stereocenters. The largest absolute Gasteiger partial charge is 0.472 e. The number of nitriles is 1. The van der Waals surface area contributed by atoms with E-state index in [0.29, 0.717) is 53.0 Å². The number of halogens is 1. The van der Waals surface area contributed by atoms with Gasteiger partial charge >= 0.3 is 0 Å². The zero-order valence-corrected chi connectivity index (χ0v) is 25.3. The number of pyridine rings is 2. The van der Waals surface area contributed by atoms with Crippen LogP contribution in [0.2, 0.25) is 5.02 Å². The number of imidazole rings is 1. The minimum Gasteiger partial charge on any atom is -0.472 e. The van der Waals surface area contributed by atoms with Crippen LogP contribution in [0.4, 0.5) is 5.95 Å². The van der Waals surface area contributed by atoms with Crippen LogP contribution in [0.15, 0.2) is 48.7 Å². The lowest BCUT2D eigenvalue weighted by atomic mass is 9.83. The Labute approximate surface area is 257 Å². The number of aromatic nitrogens is 4. The van der Waals surface area contributed by atoms with Gasteiger partial charge in [-0.05, 0) is 55.6 Å². The van der Waals surface area contributed by atoms with E-state index < -0.39 is 0 Å². The number of anilines is 1. The summed E-state index contributed by atoms with van der Waals surface area (Å²) in [6.45, 7) is 5.05. The molecule has 2 aliphatic carbocycles. The number of hydrogen-bond acceptors (Lipinski definition) is 7. The summed E-state index contributed by atoms with van der Waals surface area (Å²) in [7, 11) is 0. The molecule has 4 heterocycles. The number of rotatable bonds is 7. The first-order chi connectivity index (χ1) is 21.1. The number of benzene rings is 1. The summed E-state index contributed by atoms with van der Waals surface area (Å²) in [6.07, 6.45) is 10.0. The molecule has 0 spiro atoms. The Morgan fingerprint density at radius 3 is 2.72 bits per heavy atom. The lowest BCUT2D eigenvalue weighted by molar-refractivity contribution is 0.0247. The molecule has 7 rings (SSSR count). The summed E-state index contributed by atoms with van der Waals surface area (Å²) in [6, 6.07) is 16.2. The van der Waals surface area contributed by atoms with Crippen LogP contribution in [0, 0.1) is 23.2 Å². The van der Waals surface area contributed by atoms with Crippen LogP contribution < -0.4 is 9.64 Å². The van der Waals surface area contributed by atoms with E-state index >= 15 is 0 Å². The van der Waals surface area contributed by atoms with E-state index in [4.69, 9.17) is 31.0 Å². The Morgan fingerprint density at radius 1 is 1.07 bits per heavy atom. The van der Waals surface area contributed by atoms with Gasteiger partial charge in [-0.15, -0.1) is 0 Å². The van der Waals surface area contributed by atoms with Gasteiger partial charge in [0.05, 0.1) is 40.4 Å². The van der Waals surface area contributed by atoms with Crippen molar-refractivity contribution < 1.29 is 9.47 Å². The predicted octanol–water partition coefficient (Wildman–Crippen LogP) is 7.18. The summed E-state index contributed by atoms with van der Waals surface area (Å²) in [5.74, 6) is 2.70. The summed E-state index contributed by atoms with van der Waals surface area (Å²) in [4.78, 5) is 17.2. The van der Waals surface area contributed by atoms with Crippen molar-refractivity contribution in [3.05, 3.63) is 64.9 Å². The minimum absolute atomic E-state index is 0.236. The van der Waals surface area contributed by atoms with Gasteiger partial charge in [0, 0.05) is 25.4 Å². The molecule has 0 amide bonds. The zero-order valence-electron chi connectivity index (χ0n) is 24.6. The van der Waals surface area contributed by atoms with Gasteiger partial charge in [0.15, 0.2) is 0 Å². The second-order valence-corrected chi connectivity index (χ2v) is 12.8. The van der Waals surface area contributed by atoms with E-state index in [9.17, 15) is 5.26 Å². The molecular weight excluding hydrogens is 560 g/mol. The van der Waals surface area contributed by atoms with Gasteiger partial charge in [-0.2, -0.15) is 5.26 Å². The molecule has 4 aromatic rings. The molecule has 43 heavy (non-hydrogen) atoms. The first-order valence-electron chi connectivity index (χ1n) is 15.6. The van der Waals surface area contributed by atoms with E-state index in [2.05, 4.69) is 27.4 Å². The molecule has 3 fully saturated rings. The molecule has 8 nitrogen and oxygen atoms in total. The molecule has 9 heteroatoms. The lowest BCUT2D eigenvalue weighted by Crippen LogP contribution is -2.49. The number of morpholine rings is 1. The van der Waals surface area contributed by atoms with E-state index in [-0.39, 0.29) is 6.10 Å². The third-order valence-corrected chi connectivity index (χ3v) is 9.63. The van der Waals surface area contributed by atoms with Crippen LogP contribution in [0.5, 0.6) is 5.88 Å². The fourth-order valence-corrected chi connectivity index (χ4v) is 7.32. The Kier molecular flexibility index (Phi) is 7.94. The Hall–Kier alpha value is -3.67. The van der Waals surface area contributed by atoms with E-state index in [0.717, 1.165) is 60.8 Å². The highest BCUT2D eigenvalue weighted by atomic mass is 35.5. The van der Waals surface area contributed by atoms with Crippen LogP contribution in [-0.2, 0) is 17.9 Å². The van der Waals surface area contributed by atoms with Gasteiger partial charge < -0.3 is 18.9 Å². The summed E-state index contributed by atoms with van der Waals surface area (Å²) >= 11 is 6.55. The average molecular weight is 597 g/mol. The number of ether oxygens (including phenoxy) is 2. The van der Waals surface area contributed by atoms with Crippen LogP contribution in [-0.4, -0.2) is 44.8 Å². The molecule has 0 unspecified atom stereocenters. The molecule has 3 aliphatic rings. The summed E-state index contributed by atoms with van der Waals surface area (Å²) < 4.78 is 14.8. The Bertz CT molecular complexity index is 1640. The smallest absolute Gasteiger partial charge is 0.223 e. The van der Waals surface area contributed by atoms with Crippen LogP contribution in [0.25, 0.3) is 22.3 Å². The van der Waals surface area contributed by atoms with Crippen LogP contribution >= 0.6 is 11.6 Å². The second-order valence-electron chi connectivity index (χ2n) is 12.4. The third kappa shape index (κ3) is 5.69. The van der Waals surface area contributed by atoms with Gasteiger partial charge in [0.1, 0.15) is 24.1 Å². The number of nitrogens with zero attached hydrogens (tertiary/aromatic N) is 6. The number of fused-ring (bicyclic) bond motifs is 2. The van der Waals surface area contributed by atoms with Crippen LogP contribution in [0.3, 0.4) is 0 Å². The monoisotopic (exact) mass is 596 g/mol. The third-order valence-electron chi connectivity index (χ3n) is 9.43. The normalized spacial score (nSPS) is 23.7. The molecule has 0 N–H and O–H groups in total. The fraction of sp³-hybridized carbons (Fsp3) is 0.471. The zero-order chi connectivity index (χ0) is 29.3. The molecular formula is C34H37ClN6O2. The Morgan fingerprint density at radius 2 is 1.91 bits per heavy atom. The average Bonchev–Trinajstić information content (AvgIpc) is 3.66. The van der Waals surface area contributed by atoms with Crippen molar-refractivity contribution >= 4 is 28.6 Å². The standard InChI is InChI=1S/C34H37ClN6O2/c1-22-10-12-23(13-11-22)20-41-32-28(39-34(41)40-14-15-42-30-9-5-8-29(30)40)17-26(18-36)38-31(32)27-16-25(35)19-37-33(27)43-21-24-6-3-2-4-7-24/h2-4,6-7,16-17,19,22-23,29-30H,5,8-15,20-21H2,1H3/t22?,23?,29-,30-/m0/s1. The molecule has 1 saturated heterocycles. The summed E-state index contributed by atoms with van der Waals surface area (Å²) in [5.41, 5.74) is 4.30. The maximum atomic E-state index is 10.0. The summed E-state index contributed by atoms with van der Waals surface area (Å²) in [5, 5.41) is 10.5. The molecule has 222 valence electrons. The molecule has 0 bridgehead atoms. The molecule has 2 saturated carbocycles. The lowest BCUT2D eigenvalue weighted by Gasteiger charge is -2.39. The van der Waals surface area contributed by atoms with Crippen molar-refractivity contribution in [2.24, 2.45) is 11.8 Å². The van der Waals surface area contributed by atoms with Crippen molar-refractivity contribution in [1.82, 2.24) is 19.5 Å². The molecule has 3 aromatic heterocycles. The van der Waals surface area contributed by atoms with Gasteiger partial charge in [-0.25, -0.2) is 15.0 Å². The SMILES string of the molecule is CC1CCC(Cn2c(N3CCO[C@H]4CCC[C@@H]43)nc3cc(C#N)nc(-c4cc(Cl)cnc4OCc4ccccc4)c32)CC1. The van der Waals surface area contributed by atoms with Crippen molar-refractivity contribution in [1.29, 1.82) is 5.26 Å². The number of hydrogen-bond donors (Lipinski definition) is 0. The van der Waals surface area contributed by atoms with E-state index in [1.807, 2.05) is 42.5 Å². The quantitative estimate of drug-likeness (QED) is 0.223. The highest BCUT2D eigenvalue weighted by Gasteiger charge is 2.39. The van der Waals surface area contributed by atoms with Crippen molar-refractivity contribution in [2.45, 2.75) is 77.2 Å². The van der Waals surface area contributed by atoms with Crippen molar-refractivity contribution in [3.8, 4) is 23.2 Å². The first kappa shape index (κ1) is 28.1. The minimum atomic E-state index is 0.236. The molecule has 0 radical (unpaired) electrons. The maximum absolute atomic E-state index is 10.0. The predicted molar refractivity (Wildman–Crippen MR) is 167 cm³/mol. The van der Waals surface area contributed by atoms with Gasteiger partial charge in [0.2, 0.25) is 11.8 Å². The Balaban J connectivity index is 1.38. The van der Waals surface area contributed by atoms with E-state index in [1.165, 1.54) is 25.7 Å². The van der Waals surface area contributed by atoms with Crippen molar-refractivity contribution in [2.75, 3.05) is 18.1 Å². The first-order valence-corrected chi connectivity index (χ1v) is 16.0. The molecule has 1 aromatic carbocycles. The van der Waals surface area contributed by atoms with Gasteiger partial charge in [0.25, 0.3) is 0 Å². The van der Waals surface area contributed by atoms with Gasteiger partial charge in [-0.3, -0.25) is 0 Å².